The zero-order valence-corrected chi connectivity index (χ0v) is 11.7. The Morgan fingerprint density at radius 2 is 1.52 bits per heavy atom. The largest absolute Gasteiger partial charge is 0.453 e. The third-order valence-corrected chi connectivity index (χ3v) is 3.54. The molecule has 21 heavy (non-hydrogen) atoms. The van der Waals surface area contributed by atoms with Gasteiger partial charge in [-0.15, -0.1) is 5.10 Å². The Kier molecular flexibility index (Phi) is 3.44. The lowest BCUT2D eigenvalue weighted by Gasteiger charge is -2.36. The second-order valence-corrected chi connectivity index (χ2v) is 4.82. The fourth-order valence-electron chi connectivity index (χ4n) is 2.48. The summed E-state index contributed by atoms with van der Waals surface area (Å²) in [5.41, 5.74) is 2.98. The fraction of sp³-hybridized carbons (Fsp3) is 0.176. The van der Waals surface area contributed by atoms with Crippen LogP contribution in [0, 0.1) is 0 Å². The van der Waals surface area contributed by atoms with Crippen LogP contribution in [0.25, 0.3) is 0 Å². The minimum absolute atomic E-state index is 0.280. The van der Waals surface area contributed by atoms with Gasteiger partial charge in [-0.1, -0.05) is 67.6 Å². The van der Waals surface area contributed by atoms with E-state index in [1.807, 2.05) is 67.6 Å². The standard InChI is InChI=1S/C17H16N2O2/c1-2-15-18-19-16(20)17(21-15,13-9-5-3-6-10-13)14-11-7-4-8-12-14/h3-12H,2H2,1H3,(H,19,20). The monoisotopic (exact) mass is 280 g/mol. The van der Waals surface area contributed by atoms with Gasteiger partial charge in [0.15, 0.2) is 0 Å². The van der Waals surface area contributed by atoms with Crippen LogP contribution in [0.15, 0.2) is 65.8 Å². The number of rotatable bonds is 3. The molecule has 0 spiro atoms. The van der Waals surface area contributed by atoms with Crippen LogP contribution in [-0.2, 0) is 15.1 Å². The Morgan fingerprint density at radius 1 is 1.00 bits per heavy atom. The van der Waals surface area contributed by atoms with Gasteiger partial charge in [-0.3, -0.25) is 4.79 Å². The van der Waals surface area contributed by atoms with Gasteiger partial charge in [0, 0.05) is 17.5 Å². The molecule has 4 nitrogen and oxygen atoms in total. The predicted molar refractivity (Wildman–Crippen MR) is 80.6 cm³/mol. The van der Waals surface area contributed by atoms with Crippen molar-refractivity contribution in [3.05, 3.63) is 71.8 Å². The molecule has 1 aliphatic rings. The zero-order valence-electron chi connectivity index (χ0n) is 11.7. The maximum atomic E-state index is 12.6. The molecule has 0 atom stereocenters. The molecule has 1 amide bonds. The van der Waals surface area contributed by atoms with Crippen LogP contribution in [-0.4, -0.2) is 11.8 Å². The Labute approximate surface area is 123 Å². The predicted octanol–water partition coefficient (Wildman–Crippen LogP) is 2.80. The first kappa shape index (κ1) is 13.4. The van der Waals surface area contributed by atoms with Crippen LogP contribution >= 0.6 is 0 Å². The molecular formula is C17H16N2O2. The molecule has 0 bridgehead atoms. The highest BCUT2D eigenvalue weighted by Crippen LogP contribution is 2.36. The zero-order chi connectivity index (χ0) is 14.7. The van der Waals surface area contributed by atoms with Gasteiger partial charge in [0.25, 0.3) is 5.91 Å². The lowest BCUT2D eigenvalue weighted by molar-refractivity contribution is -0.137. The number of nitrogens with one attached hydrogen (secondary N) is 1. The first-order valence-corrected chi connectivity index (χ1v) is 6.94. The summed E-state index contributed by atoms with van der Waals surface area (Å²) < 4.78 is 6.05. The van der Waals surface area contributed by atoms with E-state index in [2.05, 4.69) is 10.5 Å². The van der Waals surface area contributed by atoms with Crippen LogP contribution < -0.4 is 5.43 Å². The van der Waals surface area contributed by atoms with Gasteiger partial charge in [0.2, 0.25) is 11.5 Å². The second kappa shape index (κ2) is 5.40. The van der Waals surface area contributed by atoms with Crippen molar-refractivity contribution in [1.82, 2.24) is 5.43 Å². The lowest BCUT2D eigenvalue weighted by Crippen LogP contribution is -2.50. The van der Waals surface area contributed by atoms with Gasteiger partial charge in [0.1, 0.15) is 0 Å². The van der Waals surface area contributed by atoms with Gasteiger partial charge in [0.05, 0.1) is 0 Å². The van der Waals surface area contributed by atoms with Gasteiger partial charge < -0.3 is 4.74 Å². The quantitative estimate of drug-likeness (QED) is 0.940. The summed E-state index contributed by atoms with van der Waals surface area (Å²) in [5.74, 6) is 0.236. The molecule has 0 saturated carbocycles. The number of benzene rings is 2. The van der Waals surface area contributed by atoms with Crippen LogP contribution in [0.3, 0.4) is 0 Å². The molecule has 0 radical (unpaired) electrons. The summed E-state index contributed by atoms with van der Waals surface area (Å²) in [6, 6.07) is 19.0. The second-order valence-electron chi connectivity index (χ2n) is 4.82. The average molecular weight is 280 g/mol. The molecule has 1 N–H and O–H groups in total. The summed E-state index contributed by atoms with van der Waals surface area (Å²) >= 11 is 0. The third kappa shape index (κ3) is 2.18. The van der Waals surface area contributed by atoms with E-state index in [1.54, 1.807) is 0 Å². The molecule has 1 heterocycles. The molecule has 106 valence electrons. The van der Waals surface area contributed by atoms with Crippen molar-refractivity contribution < 1.29 is 9.53 Å². The highest BCUT2D eigenvalue weighted by molar-refractivity contribution is 5.96. The molecular weight excluding hydrogens is 264 g/mol. The van der Waals surface area contributed by atoms with Crippen molar-refractivity contribution in [1.29, 1.82) is 0 Å². The summed E-state index contributed by atoms with van der Waals surface area (Å²) in [4.78, 5) is 12.6. The number of nitrogens with zero attached hydrogens (tertiary/aromatic N) is 1. The first-order chi connectivity index (χ1) is 10.3. The topological polar surface area (TPSA) is 50.7 Å². The molecule has 4 heteroatoms. The van der Waals surface area contributed by atoms with Crippen molar-refractivity contribution in [2.45, 2.75) is 18.9 Å². The number of hydrogen-bond donors (Lipinski definition) is 1. The summed E-state index contributed by atoms with van der Waals surface area (Å²) in [5, 5.41) is 3.97. The number of ether oxygens (including phenoxy) is 1. The molecule has 2 aromatic carbocycles. The number of hydrazone groups is 1. The molecule has 0 saturated heterocycles. The number of amides is 1. The minimum Gasteiger partial charge on any atom is -0.453 e. The molecule has 2 aromatic rings. The summed E-state index contributed by atoms with van der Waals surface area (Å²) in [7, 11) is 0. The SMILES string of the molecule is CCC1=NNC(=O)C(c2ccccc2)(c2ccccc2)O1. The molecule has 3 rings (SSSR count). The van der Waals surface area contributed by atoms with Gasteiger partial charge in [-0.2, -0.15) is 0 Å². The van der Waals surface area contributed by atoms with E-state index in [0.29, 0.717) is 12.3 Å². The van der Waals surface area contributed by atoms with Crippen molar-refractivity contribution in [3.63, 3.8) is 0 Å². The molecule has 0 aromatic heterocycles. The van der Waals surface area contributed by atoms with Gasteiger partial charge in [-0.25, -0.2) is 5.43 Å². The molecule has 0 aliphatic carbocycles. The Morgan fingerprint density at radius 3 is 2.00 bits per heavy atom. The Hall–Kier alpha value is -2.62. The smallest absolute Gasteiger partial charge is 0.293 e. The van der Waals surface area contributed by atoms with E-state index in [-0.39, 0.29) is 5.91 Å². The van der Waals surface area contributed by atoms with Crippen molar-refractivity contribution in [2.24, 2.45) is 5.10 Å². The Balaban J connectivity index is 2.21. The van der Waals surface area contributed by atoms with Crippen molar-refractivity contribution in [3.8, 4) is 0 Å². The van der Waals surface area contributed by atoms with Crippen LogP contribution in [0.4, 0.5) is 0 Å². The van der Waals surface area contributed by atoms with E-state index in [9.17, 15) is 4.79 Å². The maximum absolute atomic E-state index is 12.6. The van der Waals surface area contributed by atoms with Crippen molar-refractivity contribution >= 4 is 11.8 Å². The summed E-state index contributed by atoms with van der Waals surface area (Å²) in [6.45, 7) is 1.94. The maximum Gasteiger partial charge on any atom is 0.293 e. The number of carbonyl (C=O) groups is 1. The average Bonchev–Trinajstić information content (AvgIpc) is 2.57. The van der Waals surface area contributed by atoms with Gasteiger partial charge >= 0.3 is 0 Å². The Bertz CT molecular complexity index is 626. The first-order valence-electron chi connectivity index (χ1n) is 6.94. The van der Waals surface area contributed by atoms with Crippen molar-refractivity contribution in [2.75, 3.05) is 0 Å². The number of carbonyl (C=O) groups excluding carboxylic acids is 1. The minimum atomic E-state index is -1.18. The fourth-order valence-corrected chi connectivity index (χ4v) is 2.48. The van der Waals surface area contributed by atoms with E-state index >= 15 is 0 Å². The van der Waals surface area contributed by atoms with Crippen LogP contribution in [0.5, 0.6) is 0 Å². The molecule has 0 unspecified atom stereocenters. The third-order valence-electron chi connectivity index (χ3n) is 3.54. The van der Waals surface area contributed by atoms with E-state index in [4.69, 9.17) is 4.74 Å². The molecule has 0 fully saturated rings. The molecule has 1 aliphatic heterocycles. The van der Waals surface area contributed by atoms with E-state index < -0.39 is 5.60 Å². The van der Waals surface area contributed by atoms with Crippen LogP contribution in [0.1, 0.15) is 24.5 Å². The van der Waals surface area contributed by atoms with Gasteiger partial charge in [-0.05, 0) is 0 Å². The highest BCUT2D eigenvalue weighted by Gasteiger charge is 2.47. The number of hydrogen-bond acceptors (Lipinski definition) is 3. The van der Waals surface area contributed by atoms with E-state index in [1.165, 1.54) is 0 Å². The lowest BCUT2D eigenvalue weighted by atomic mass is 9.85. The highest BCUT2D eigenvalue weighted by atomic mass is 16.5. The summed E-state index contributed by atoms with van der Waals surface area (Å²) in [6.07, 6.45) is 0.613. The van der Waals surface area contributed by atoms with E-state index in [0.717, 1.165) is 11.1 Å². The normalized spacial score (nSPS) is 16.6. The van der Waals surface area contributed by atoms with Crippen LogP contribution in [0.2, 0.25) is 0 Å².